The van der Waals surface area contributed by atoms with Gasteiger partial charge in [0.05, 0.1) is 23.3 Å². The van der Waals surface area contributed by atoms with Gasteiger partial charge < -0.3 is 9.97 Å². The Bertz CT molecular complexity index is 1310. The lowest BCUT2D eigenvalue weighted by molar-refractivity contribution is 1.42. The lowest BCUT2D eigenvalue weighted by atomic mass is 10.1. The molecule has 4 nitrogen and oxygen atoms in total. The van der Waals surface area contributed by atoms with E-state index in [1.807, 2.05) is 36.4 Å². The highest BCUT2D eigenvalue weighted by Gasteiger charge is 2.07. The molecule has 2 N–H and O–H groups in total. The third-order valence-electron chi connectivity index (χ3n) is 5.01. The van der Waals surface area contributed by atoms with Crippen LogP contribution in [0, 0.1) is 22.7 Å². The second-order valence-corrected chi connectivity index (χ2v) is 6.77. The van der Waals surface area contributed by atoms with Crippen LogP contribution in [0.15, 0.2) is 72.8 Å². The van der Waals surface area contributed by atoms with E-state index in [0.29, 0.717) is 11.1 Å². The number of H-pyrrole nitrogens is 2. The lowest BCUT2D eigenvalue weighted by Crippen LogP contribution is -1.80. The highest BCUT2D eigenvalue weighted by molar-refractivity contribution is 5.88. The highest BCUT2D eigenvalue weighted by Crippen LogP contribution is 2.29. The van der Waals surface area contributed by atoms with Crippen LogP contribution in [0.5, 0.6) is 0 Å². The van der Waals surface area contributed by atoms with Crippen molar-refractivity contribution >= 4 is 21.8 Å². The summed E-state index contributed by atoms with van der Waals surface area (Å²) in [6.45, 7) is 0. The highest BCUT2D eigenvalue weighted by atomic mass is 14.7. The molecule has 3 aromatic carbocycles. The van der Waals surface area contributed by atoms with Gasteiger partial charge in [-0.05, 0) is 47.5 Å². The molecule has 5 rings (SSSR count). The van der Waals surface area contributed by atoms with Crippen molar-refractivity contribution < 1.29 is 0 Å². The third-order valence-corrected chi connectivity index (χ3v) is 5.01. The topological polar surface area (TPSA) is 79.2 Å². The van der Waals surface area contributed by atoms with E-state index in [2.05, 4.69) is 58.5 Å². The molecule has 0 aliphatic carbocycles. The molecule has 0 bridgehead atoms. The molecular formula is C24H14N4. The number of nitriles is 2. The number of rotatable bonds is 2. The van der Waals surface area contributed by atoms with Gasteiger partial charge in [0.2, 0.25) is 0 Å². The molecule has 0 amide bonds. The predicted octanol–water partition coefficient (Wildman–Crippen LogP) is 5.73. The van der Waals surface area contributed by atoms with Gasteiger partial charge in [-0.3, -0.25) is 0 Å². The molecule has 5 aromatic rings. The summed E-state index contributed by atoms with van der Waals surface area (Å²) in [5.41, 5.74) is 7.43. The SMILES string of the molecule is N#Cc1ccc2cc(-c3ccc(-c4cc5ccc(C#N)cc5[nH]4)cc3)[nH]c2c1. The summed E-state index contributed by atoms with van der Waals surface area (Å²) in [5.74, 6) is 0. The summed E-state index contributed by atoms with van der Waals surface area (Å²) in [4.78, 5) is 6.78. The van der Waals surface area contributed by atoms with E-state index < -0.39 is 0 Å². The standard InChI is InChI=1S/C24H14N4/c25-13-15-1-3-19-11-23(27-21(19)9-15)17-5-7-18(8-6-17)24-12-20-4-2-16(14-26)10-22(20)28-24/h1-12,27-28H. The van der Waals surface area contributed by atoms with E-state index in [1.54, 1.807) is 0 Å². The summed E-state index contributed by atoms with van der Waals surface area (Å²) >= 11 is 0. The summed E-state index contributed by atoms with van der Waals surface area (Å²) in [5, 5.41) is 20.3. The van der Waals surface area contributed by atoms with E-state index in [4.69, 9.17) is 10.5 Å². The van der Waals surface area contributed by atoms with Crippen molar-refractivity contribution in [3.8, 4) is 34.7 Å². The van der Waals surface area contributed by atoms with Crippen LogP contribution >= 0.6 is 0 Å². The van der Waals surface area contributed by atoms with E-state index >= 15 is 0 Å². The lowest BCUT2D eigenvalue weighted by Gasteiger charge is -2.01. The number of aromatic amines is 2. The maximum Gasteiger partial charge on any atom is 0.0992 e. The fourth-order valence-corrected chi connectivity index (χ4v) is 3.53. The molecule has 0 aliphatic rings. The van der Waals surface area contributed by atoms with Gasteiger partial charge in [0.25, 0.3) is 0 Å². The molecule has 0 spiro atoms. The molecule has 0 fully saturated rings. The molecule has 0 saturated carbocycles. The molecule has 0 radical (unpaired) electrons. The number of aromatic nitrogens is 2. The second-order valence-electron chi connectivity index (χ2n) is 6.77. The quantitative estimate of drug-likeness (QED) is 0.423. The van der Waals surface area contributed by atoms with E-state index in [-0.39, 0.29) is 0 Å². The Labute approximate surface area is 161 Å². The van der Waals surface area contributed by atoms with Crippen LogP contribution in [0.4, 0.5) is 0 Å². The van der Waals surface area contributed by atoms with Crippen LogP contribution in [0.2, 0.25) is 0 Å². The van der Waals surface area contributed by atoms with Crippen LogP contribution in [0.25, 0.3) is 44.3 Å². The Kier molecular flexibility index (Phi) is 3.50. The molecule has 2 heterocycles. The summed E-state index contributed by atoms with van der Waals surface area (Å²) < 4.78 is 0. The minimum atomic E-state index is 0.648. The fourth-order valence-electron chi connectivity index (χ4n) is 3.53. The van der Waals surface area contributed by atoms with Gasteiger partial charge >= 0.3 is 0 Å². The number of hydrogen-bond acceptors (Lipinski definition) is 2. The van der Waals surface area contributed by atoms with E-state index in [1.165, 1.54) is 0 Å². The average Bonchev–Trinajstić information content (AvgIpc) is 3.36. The van der Waals surface area contributed by atoms with Crippen LogP contribution in [-0.4, -0.2) is 9.97 Å². The van der Waals surface area contributed by atoms with Gasteiger partial charge in [-0.15, -0.1) is 0 Å². The summed E-state index contributed by atoms with van der Waals surface area (Å²) in [7, 11) is 0. The third kappa shape index (κ3) is 2.61. The zero-order valence-corrected chi connectivity index (χ0v) is 14.8. The first-order chi connectivity index (χ1) is 13.7. The second kappa shape index (κ2) is 6.16. The predicted molar refractivity (Wildman–Crippen MR) is 110 cm³/mol. The Morgan fingerprint density at radius 2 is 0.964 bits per heavy atom. The van der Waals surface area contributed by atoms with Gasteiger partial charge in [-0.2, -0.15) is 10.5 Å². The Hall–Kier alpha value is -4.28. The van der Waals surface area contributed by atoms with E-state index in [0.717, 1.165) is 44.3 Å². The maximum atomic E-state index is 9.06. The molecule has 0 saturated heterocycles. The monoisotopic (exact) mass is 358 g/mol. The molecule has 0 unspecified atom stereocenters. The zero-order chi connectivity index (χ0) is 19.1. The molecule has 130 valence electrons. The minimum Gasteiger partial charge on any atom is -0.354 e. The molecule has 2 aromatic heterocycles. The van der Waals surface area contributed by atoms with Crippen LogP contribution < -0.4 is 0 Å². The number of nitrogens with zero attached hydrogens (tertiary/aromatic N) is 2. The van der Waals surface area contributed by atoms with Crippen molar-refractivity contribution in [1.29, 1.82) is 10.5 Å². The van der Waals surface area contributed by atoms with Gasteiger partial charge in [-0.25, -0.2) is 0 Å². The van der Waals surface area contributed by atoms with Crippen LogP contribution in [0.3, 0.4) is 0 Å². The zero-order valence-electron chi connectivity index (χ0n) is 14.8. The van der Waals surface area contributed by atoms with Crippen molar-refractivity contribution in [2.75, 3.05) is 0 Å². The largest absolute Gasteiger partial charge is 0.354 e. The number of fused-ring (bicyclic) bond motifs is 2. The van der Waals surface area contributed by atoms with Crippen molar-refractivity contribution in [3.05, 3.63) is 83.9 Å². The van der Waals surface area contributed by atoms with E-state index in [9.17, 15) is 0 Å². The Morgan fingerprint density at radius 1 is 0.536 bits per heavy atom. The van der Waals surface area contributed by atoms with Crippen molar-refractivity contribution in [2.24, 2.45) is 0 Å². The fraction of sp³-hybridized carbons (Fsp3) is 0. The first-order valence-electron chi connectivity index (χ1n) is 8.90. The summed E-state index contributed by atoms with van der Waals surface area (Å²) in [6, 6.07) is 28.2. The number of benzene rings is 3. The molecule has 0 atom stereocenters. The maximum absolute atomic E-state index is 9.06. The van der Waals surface area contributed by atoms with Crippen LogP contribution in [0.1, 0.15) is 11.1 Å². The van der Waals surface area contributed by atoms with Gasteiger partial charge in [0.1, 0.15) is 0 Å². The molecule has 28 heavy (non-hydrogen) atoms. The minimum absolute atomic E-state index is 0.648. The van der Waals surface area contributed by atoms with Crippen molar-refractivity contribution in [3.63, 3.8) is 0 Å². The Morgan fingerprint density at radius 3 is 1.36 bits per heavy atom. The Balaban J connectivity index is 1.50. The number of nitrogens with one attached hydrogen (secondary N) is 2. The molecular weight excluding hydrogens is 344 g/mol. The van der Waals surface area contributed by atoms with Crippen molar-refractivity contribution in [2.45, 2.75) is 0 Å². The van der Waals surface area contributed by atoms with Gasteiger partial charge in [0, 0.05) is 33.2 Å². The van der Waals surface area contributed by atoms with Crippen molar-refractivity contribution in [1.82, 2.24) is 9.97 Å². The summed E-state index contributed by atoms with van der Waals surface area (Å²) in [6.07, 6.45) is 0. The smallest absolute Gasteiger partial charge is 0.0992 e. The number of hydrogen-bond donors (Lipinski definition) is 2. The van der Waals surface area contributed by atoms with Gasteiger partial charge in [-0.1, -0.05) is 36.4 Å². The van der Waals surface area contributed by atoms with Gasteiger partial charge in [0.15, 0.2) is 0 Å². The average molecular weight is 358 g/mol. The molecule has 0 aliphatic heterocycles. The first kappa shape index (κ1) is 15.9. The first-order valence-corrected chi connectivity index (χ1v) is 8.90. The normalized spacial score (nSPS) is 10.8. The van der Waals surface area contributed by atoms with Crippen LogP contribution in [-0.2, 0) is 0 Å². The molecule has 4 heteroatoms.